The Labute approximate surface area is 195 Å². The number of fused-ring (bicyclic) bond motifs is 1. The number of ether oxygens (including phenoxy) is 1. The lowest BCUT2D eigenvalue weighted by atomic mass is 9.88. The van der Waals surface area contributed by atoms with Crippen LogP contribution in [0.15, 0.2) is 33.9 Å². The van der Waals surface area contributed by atoms with Gasteiger partial charge in [0.25, 0.3) is 0 Å². The van der Waals surface area contributed by atoms with E-state index in [1.54, 1.807) is 18.2 Å². The van der Waals surface area contributed by atoms with E-state index in [9.17, 15) is 18.0 Å². The Hall–Kier alpha value is -3.05. The number of carbonyl (C=O) groups excluding carboxylic acids is 2. The summed E-state index contributed by atoms with van der Waals surface area (Å²) in [4.78, 5) is 26.0. The van der Waals surface area contributed by atoms with Crippen molar-refractivity contribution in [1.82, 2.24) is 10.2 Å². The molecule has 0 spiro atoms. The third kappa shape index (κ3) is 4.83. The fraction of sp³-hybridized carbons (Fsp3) is 0.364. The van der Waals surface area contributed by atoms with Gasteiger partial charge in [-0.2, -0.15) is 0 Å². The van der Waals surface area contributed by atoms with Crippen LogP contribution in [0.1, 0.15) is 39.7 Å². The number of anilines is 1. The molecule has 9 nitrogen and oxygen atoms in total. The number of amides is 1. The van der Waals surface area contributed by atoms with E-state index in [0.717, 1.165) is 28.8 Å². The smallest absolute Gasteiger partial charge is 0.341 e. The largest absolute Gasteiger partial charge is 0.465 e. The van der Waals surface area contributed by atoms with Gasteiger partial charge in [-0.15, -0.1) is 16.4 Å². The topological polar surface area (TPSA) is 128 Å². The predicted molar refractivity (Wildman–Crippen MR) is 122 cm³/mol. The minimum Gasteiger partial charge on any atom is -0.465 e. The number of carbonyl (C=O) groups is 2. The normalized spacial score (nSPS) is 15.7. The van der Waals surface area contributed by atoms with E-state index in [0.29, 0.717) is 28.5 Å². The van der Waals surface area contributed by atoms with Crippen molar-refractivity contribution in [2.45, 2.75) is 38.3 Å². The SMILES string of the molecule is COC(=O)c1c(NC(=O)CS(=O)(=O)c2nnc(-c3cccc(C)c3)o2)sc2c1CCC(C)C2. The maximum Gasteiger partial charge on any atom is 0.341 e. The number of hydrogen-bond acceptors (Lipinski definition) is 9. The van der Waals surface area contributed by atoms with E-state index in [1.165, 1.54) is 18.4 Å². The lowest BCUT2D eigenvalue weighted by molar-refractivity contribution is -0.113. The molecule has 0 fully saturated rings. The summed E-state index contributed by atoms with van der Waals surface area (Å²) in [5, 5.41) is 9.66. The van der Waals surface area contributed by atoms with Crippen LogP contribution in [0.4, 0.5) is 5.00 Å². The van der Waals surface area contributed by atoms with E-state index >= 15 is 0 Å². The number of aromatic nitrogens is 2. The molecule has 174 valence electrons. The van der Waals surface area contributed by atoms with Crippen molar-refractivity contribution in [3.8, 4) is 11.5 Å². The Kier molecular flexibility index (Phi) is 6.35. The number of benzene rings is 1. The second-order valence-electron chi connectivity index (χ2n) is 8.10. The van der Waals surface area contributed by atoms with Gasteiger partial charge in [-0.3, -0.25) is 4.79 Å². The van der Waals surface area contributed by atoms with Crippen molar-refractivity contribution in [3.63, 3.8) is 0 Å². The summed E-state index contributed by atoms with van der Waals surface area (Å²) in [7, 11) is -2.92. The van der Waals surface area contributed by atoms with Gasteiger partial charge in [-0.1, -0.05) is 29.7 Å². The first kappa shape index (κ1) is 23.1. The number of nitrogens with zero attached hydrogens (tertiary/aromatic N) is 2. The summed E-state index contributed by atoms with van der Waals surface area (Å²) in [5.74, 6) is -1.75. The lowest BCUT2D eigenvalue weighted by Gasteiger charge is -2.18. The Morgan fingerprint density at radius 2 is 2.09 bits per heavy atom. The molecular weight excluding hydrogens is 466 g/mol. The van der Waals surface area contributed by atoms with Gasteiger partial charge in [0.2, 0.25) is 21.6 Å². The molecular formula is C22H23N3O6S2. The van der Waals surface area contributed by atoms with Crippen LogP contribution in [0.3, 0.4) is 0 Å². The van der Waals surface area contributed by atoms with Crippen molar-refractivity contribution in [2.75, 3.05) is 18.2 Å². The molecule has 1 aliphatic carbocycles. The first-order chi connectivity index (χ1) is 15.7. The molecule has 0 saturated heterocycles. The molecule has 0 radical (unpaired) electrons. The average molecular weight is 490 g/mol. The van der Waals surface area contributed by atoms with Gasteiger partial charge in [0.1, 0.15) is 10.8 Å². The quantitative estimate of drug-likeness (QED) is 0.522. The standard InChI is InChI=1S/C22H23N3O6S2/c1-12-5-4-6-14(9-12)19-24-25-22(31-19)33(28,29)11-17(26)23-20-18(21(27)30-3)15-8-7-13(2)10-16(15)32-20/h4-6,9,13H,7-8,10-11H2,1-3H3,(H,23,26). The monoisotopic (exact) mass is 489 g/mol. The van der Waals surface area contributed by atoms with Crippen molar-refractivity contribution >= 4 is 38.1 Å². The highest BCUT2D eigenvalue weighted by molar-refractivity contribution is 7.91. The van der Waals surface area contributed by atoms with Crippen molar-refractivity contribution < 1.29 is 27.2 Å². The molecule has 4 rings (SSSR count). The van der Waals surface area contributed by atoms with Crippen molar-refractivity contribution in [1.29, 1.82) is 0 Å². The maximum absolute atomic E-state index is 12.7. The van der Waals surface area contributed by atoms with Gasteiger partial charge >= 0.3 is 11.2 Å². The number of nitrogens with one attached hydrogen (secondary N) is 1. The molecule has 1 amide bonds. The lowest BCUT2D eigenvalue weighted by Crippen LogP contribution is -2.24. The van der Waals surface area contributed by atoms with Crippen LogP contribution in [0, 0.1) is 12.8 Å². The molecule has 1 unspecified atom stereocenters. The molecule has 1 N–H and O–H groups in total. The van der Waals surface area contributed by atoms with Crippen LogP contribution in [-0.4, -0.2) is 43.4 Å². The summed E-state index contributed by atoms with van der Waals surface area (Å²) in [5.41, 5.74) is 2.69. The Bertz CT molecular complexity index is 1330. The summed E-state index contributed by atoms with van der Waals surface area (Å²) in [6.45, 7) is 4.01. The number of sulfone groups is 1. The highest BCUT2D eigenvalue weighted by atomic mass is 32.2. The van der Waals surface area contributed by atoms with E-state index in [4.69, 9.17) is 9.15 Å². The van der Waals surface area contributed by atoms with Crippen LogP contribution in [-0.2, 0) is 32.2 Å². The Balaban J connectivity index is 1.54. The van der Waals surface area contributed by atoms with Crippen LogP contribution >= 0.6 is 11.3 Å². The fourth-order valence-corrected chi connectivity index (χ4v) is 6.11. The first-order valence-corrected chi connectivity index (χ1v) is 12.8. The van der Waals surface area contributed by atoms with Crippen molar-refractivity contribution in [3.05, 3.63) is 45.8 Å². The van der Waals surface area contributed by atoms with Gasteiger partial charge in [-0.25, -0.2) is 13.2 Å². The van der Waals surface area contributed by atoms with E-state index in [2.05, 4.69) is 22.4 Å². The summed E-state index contributed by atoms with van der Waals surface area (Å²) >= 11 is 1.28. The number of thiophene rings is 1. The van der Waals surface area contributed by atoms with Gasteiger partial charge in [0.05, 0.1) is 12.7 Å². The molecule has 3 aromatic rings. The molecule has 1 atom stereocenters. The minimum atomic E-state index is -4.19. The zero-order valence-electron chi connectivity index (χ0n) is 18.4. The van der Waals surface area contributed by atoms with Gasteiger partial charge in [-0.05, 0) is 49.8 Å². The van der Waals surface area contributed by atoms with Crippen LogP contribution < -0.4 is 5.32 Å². The van der Waals surface area contributed by atoms with Crippen LogP contribution in [0.25, 0.3) is 11.5 Å². The molecule has 1 aromatic carbocycles. The predicted octanol–water partition coefficient (Wildman–Crippen LogP) is 3.43. The zero-order valence-corrected chi connectivity index (χ0v) is 20.0. The Morgan fingerprint density at radius 1 is 1.30 bits per heavy atom. The van der Waals surface area contributed by atoms with E-state index in [1.807, 2.05) is 13.0 Å². The molecule has 2 heterocycles. The van der Waals surface area contributed by atoms with Gasteiger partial charge in [0, 0.05) is 10.4 Å². The van der Waals surface area contributed by atoms with Crippen molar-refractivity contribution in [2.24, 2.45) is 5.92 Å². The highest BCUT2D eigenvalue weighted by Crippen LogP contribution is 2.40. The fourth-order valence-electron chi connectivity index (χ4n) is 3.78. The number of aryl methyl sites for hydroxylation is 1. The summed E-state index contributed by atoms with van der Waals surface area (Å²) in [6, 6.07) is 7.17. The second kappa shape index (κ2) is 9.06. The van der Waals surface area contributed by atoms with Crippen LogP contribution in [0.5, 0.6) is 0 Å². The number of esters is 1. The number of methoxy groups -OCH3 is 1. The maximum atomic E-state index is 12.7. The third-order valence-corrected chi connectivity index (χ3v) is 7.92. The number of rotatable bonds is 6. The molecule has 1 aliphatic rings. The Morgan fingerprint density at radius 3 is 2.82 bits per heavy atom. The second-order valence-corrected chi connectivity index (χ2v) is 11.1. The third-order valence-electron chi connectivity index (χ3n) is 5.41. The van der Waals surface area contributed by atoms with Gasteiger partial charge < -0.3 is 14.5 Å². The first-order valence-electron chi connectivity index (χ1n) is 10.3. The molecule has 33 heavy (non-hydrogen) atoms. The summed E-state index contributed by atoms with van der Waals surface area (Å²) in [6.07, 6.45) is 2.42. The van der Waals surface area contributed by atoms with E-state index in [-0.39, 0.29) is 5.89 Å². The van der Waals surface area contributed by atoms with Crippen LogP contribution in [0.2, 0.25) is 0 Å². The average Bonchev–Trinajstić information content (AvgIpc) is 3.38. The molecule has 0 saturated carbocycles. The molecule has 2 aromatic heterocycles. The molecule has 0 bridgehead atoms. The zero-order chi connectivity index (χ0) is 23.8. The highest BCUT2D eigenvalue weighted by Gasteiger charge is 2.31. The van der Waals surface area contributed by atoms with Gasteiger partial charge in [0.15, 0.2) is 0 Å². The molecule has 0 aliphatic heterocycles. The number of hydrogen-bond donors (Lipinski definition) is 1. The minimum absolute atomic E-state index is 0.0470. The van der Waals surface area contributed by atoms with E-state index < -0.39 is 32.7 Å². The molecule has 11 heteroatoms. The summed E-state index contributed by atoms with van der Waals surface area (Å²) < 4.78 is 35.7.